The summed E-state index contributed by atoms with van der Waals surface area (Å²) < 4.78 is 0. The van der Waals surface area contributed by atoms with E-state index >= 15 is 0 Å². The molecule has 1 heterocycles. The zero-order valence-corrected chi connectivity index (χ0v) is 9.73. The second-order valence-corrected chi connectivity index (χ2v) is 5.28. The van der Waals surface area contributed by atoms with Crippen LogP contribution in [0.4, 0.5) is 5.69 Å². The van der Waals surface area contributed by atoms with E-state index in [-0.39, 0.29) is 5.54 Å². The van der Waals surface area contributed by atoms with Crippen molar-refractivity contribution in [3.8, 4) is 0 Å². The van der Waals surface area contributed by atoms with E-state index in [2.05, 4.69) is 37.8 Å². The average molecular weight is 210 g/mol. The molecule has 14 heavy (non-hydrogen) atoms. The highest BCUT2D eigenvalue weighted by molar-refractivity contribution is 6.30. The first kappa shape index (κ1) is 9.85. The van der Waals surface area contributed by atoms with Gasteiger partial charge in [-0.2, -0.15) is 0 Å². The minimum absolute atomic E-state index is 0.207. The van der Waals surface area contributed by atoms with Crippen LogP contribution in [-0.4, -0.2) is 12.1 Å². The molecule has 0 saturated carbocycles. The Kier molecular flexibility index (Phi) is 2.23. The summed E-state index contributed by atoms with van der Waals surface area (Å²) >= 11 is 5.97. The Morgan fingerprint density at radius 1 is 1.29 bits per heavy atom. The molecule has 0 aliphatic carbocycles. The molecule has 1 aliphatic rings. The van der Waals surface area contributed by atoms with Gasteiger partial charge in [-0.1, -0.05) is 11.6 Å². The molecule has 76 valence electrons. The lowest BCUT2D eigenvalue weighted by molar-refractivity contribution is 0.518. The van der Waals surface area contributed by atoms with Gasteiger partial charge in [-0.25, -0.2) is 0 Å². The van der Waals surface area contributed by atoms with Gasteiger partial charge in [0, 0.05) is 22.8 Å². The number of hydrogen-bond acceptors (Lipinski definition) is 1. The Bertz CT molecular complexity index is 352. The van der Waals surface area contributed by atoms with Crippen LogP contribution in [0.2, 0.25) is 5.02 Å². The van der Waals surface area contributed by atoms with E-state index in [1.54, 1.807) is 0 Å². The van der Waals surface area contributed by atoms with E-state index < -0.39 is 0 Å². The normalized spacial score (nSPS) is 15.9. The van der Waals surface area contributed by atoms with Crippen LogP contribution < -0.4 is 4.90 Å². The van der Waals surface area contributed by atoms with Crippen molar-refractivity contribution >= 4 is 17.3 Å². The molecule has 0 unspecified atom stereocenters. The summed E-state index contributed by atoms with van der Waals surface area (Å²) in [7, 11) is 0. The van der Waals surface area contributed by atoms with Crippen molar-refractivity contribution < 1.29 is 0 Å². The second kappa shape index (κ2) is 3.16. The van der Waals surface area contributed by atoms with Gasteiger partial charge >= 0.3 is 0 Å². The molecule has 1 aromatic carbocycles. The fraction of sp³-hybridized carbons (Fsp3) is 0.500. The lowest BCUT2D eigenvalue weighted by atomic mass is 10.1. The van der Waals surface area contributed by atoms with Crippen LogP contribution in [0.5, 0.6) is 0 Å². The van der Waals surface area contributed by atoms with Gasteiger partial charge in [0.25, 0.3) is 0 Å². The highest BCUT2D eigenvalue weighted by Crippen LogP contribution is 2.34. The third-order valence-corrected chi connectivity index (χ3v) is 2.98. The van der Waals surface area contributed by atoms with Crippen LogP contribution in [-0.2, 0) is 6.42 Å². The minimum Gasteiger partial charge on any atom is -0.366 e. The number of benzene rings is 1. The molecular formula is C12H16ClN. The van der Waals surface area contributed by atoms with Gasteiger partial charge in [0.05, 0.1) is 0 Å². The summed E-state index contributed by atoms with van der Waals surface area (Å²) in [5, 5.41) is 0.847. The molecule has 0 radical (unpaired) electrons. The first-order valence-corrected chi connectivity index (χ1v) is 5.42. The van der Waals surface area contributed by atoms with Crippen molar-refractivity contribution in [3.63, 3.8) is 0 Å². The number of anilines is 1. The molecule has 1 nitrogen and oxygen atoms in total. The number of fused-ring (bicyclic) bond motifs is 1. The molecule has 0 aromatic heterocycles. The summed E-state index contributed by atoms with van der Waals surface area (Å²) in [4.78, 5) is 2.44. The monoisotopic (exact) mass is 209 g/mol. The first-order valence-electron chi connectivity index (χ1n) is 5.04. The van der Waals surface area contributed by atoms with Gasteiger partial charge in [0.15, 0.2) is 0 Å². The van der Waals surface area contributed by atoms with Crippen LogP contribution in [0.25, 0.3) is 0 Å². The minimum atomic E-state index is 0.207. The molecule has 1 aliphatic heterocycles. The van der Waals surface area contributed by atoms with E-state index in [1.165, 1.54) is 11.3 Å². The van der Waals surface area contributed by atoms with E-state index in [0.29, 0.717) is 0 Å². The Morgan fingerprint density at radius 3 is 2.64 bits per heavy atom. The summed E-state index contributed by atoms with van der Waals surface area (Å²) in [5.74, 6) is 0. The maximum Gasteiger partial charge on any atom is 0.0410 e. The molecule has 0 bridgehead atoms. The third kappa shape index (κ3) is 1.61. The fourth-order valence-corrected chi connectivity index (χ4v) is 2.26. The highest BCUT2D eigenvalue weighted by Gasteiger charge is 2.27. The van der Waals surface area contributed by atoms with E-state index in [9.17, 15) is 0 Å². The van der Waals surface area contributed by atoms with Crippen molar-refractivity contribution in [2.24, 2.45) is 0 Å². The van der Waals surface area contributed by atoms with Crippen molar-refractivity contribution in [1.82, 2.24) is 0 Å². The molecule has 0 spiro atoms. The van der Waals surface area contributed by atoms with Crippen LogP contribution in [0.3, 0.4) is 0 Å². The summed E-state index contributed by atoms with van der Waals surface area (Å²) in [5.41, 5.74) is 2.94. The Hall–Kier alpha value is -0.690. The van der Waals surface area contributed by atoms with Gasteiger partial charge in [0.1, 0.15) is 0 Å². The van der Waals surface area contributed by atoms with E-state index in [0.717, 1.165) is 18.0 Å². The molecule has 0 fully saturated rings. The topological polar surface area (TPSA) is 3.24 Å². The van der Waals surface area contributed by atoms with Crippen molar-refractivity contribution in [2.75, 3.05) is 11.4 Å². The van der Waals surface area contributed by atoms with Gasteiger partial charge < -0.3 is 4.90 Å². The van der Waals surface area contributed by atoms with Crippen LogP contribution in [0.1, 0.15) is 26.3 Å². The van der Waals surface area contributed by atoms with Crippen LogP contribution in [0, 0.1) is 0 Å². The van der Waals surface area contributed by atoms with Gasteiger partial charge in [-0.15, -0.1) is 0 Å². The average Bonchev–Trinajstić information content (AvgIpc) is 2.45. The lowest BCUT2D eigenvalue weighted by Gasteiger charge is -2.34. The molecule has 0 atom stereocenters. The van der Waals surface area contributed by atoms with Crippen molar-refractivity contribution in [3.05, 3.63) is 28.8 Å². The lowest BCUT2D eigenvalue weighted by Crippen LogP contribution is -2.40. The van der Waals surface area contributed by atoms with Crippen molar-refractivity contribution in [2.45, 2.75) is 32.7 Å². The molecule has 0 N–H and O–H groups in total. The van der Waals surface area contributed by atoms with Gasteiger partial charge in [-0.05, 0) is 51.0 Å². The first-order chi connectivity index (χ1) is 6.48. The number of halogens is 1. The van der Waals surface area contributed by atoms with Crippen molar-refractivity contribution in [1.29, 1.82) is 0 Å². The zero-order chi connectivity index (χ0) is 10.3. The third-order valence-electron chi connectivity index (χ3n) is 2.75. The molecular weight excluding hydrogens is 194 g/mol. The number of hydrogen-bond donors (Lipinski definition) is 0. The number of nitrogens with zero attached hydrogens (tertiary/aromatic N) is 1. The van der Waals surface area contributed by atoms with Crippen LogP contribution in [0.15, 0.2) is 18.2 Å². The Morgan fingerprint density at radius 2 is 2.00 bits per heavy atom. The molecule has 0 amide bonds. The molecule has 1 aromatic rings. The summed E-state index contributed by atoms with van der Waals surface area (Å²) in [6, 6.07) is 6.20. The predicted molar refractivity (Wildman–Crippen MR) is 62.3 cm³/mol. The zero-order valence-electron chi connectivity index (χ0n) is 8.97. The predicted octanol–water partition coefficient (Wildman–Crippen LogP) is 3.50. The van der Waals surface area contributed by atoms with Gasteiger partial charge in [0.2, 0.25) is 0 Å². The van der Waals surface area contributed by atoms with E-state index in [1.807, 2.05) is 6.07 Å². The van der Waals surface area contributed by atoms with Gasteiger partial charge in [-0.3, -0.25) is 0 Å². The Labute approximate surface area is 90.7 Å². The standard InChI is InChI=1S/C12H16ClN/c1-12(2,3)14-7-6-9-8-10(13)4-5-11(9)14/h4-5,8H,6-7H2,1-3H3. The highest BCUT2D eigenvalue weighted by atomic mass is 35.5. The molecule has 0 saturated heterocycles. The molecule has 2 rings (SSSR count). The van der Waals surface area contributed by atoms with E-state index in [4.69, 9.17) is 11.6 Å². The smallest absolute Gasteiger partial charge is 0.0410 e. The summed E-state index contributed by atoms with van der Waals surface area (Å²) in [6.07, 6.45) is 1.12. The fourth-order valence-electron chi connectivity index (χ4n) is 2.07. The summed E-state index contributed by atoms with van der Waals surface area (Å²) in [6.45, 7) is 7.85. The number of rotatable bonds is 0. The van der Waals surface area contributed by atoms with Crippen LogP contribution >= 0.6 is 11.6 Å². The SMILES string of the molecule is CC(C)(C)N1CCc2cc(Cl)ccc21. The second-order valence-electron chi connectivity index (χ2n) is 4.85. The molecule has 2 heteroatoms. The largest absolute Gasteiger partial charge is 0.366 e. The maximum absolute atomic E-state index is 5.97. The maximum atomic E-state index is 5.97. The quantitative estimate of drug-likeness (QED) is 0.632. The Balaban J connectivity index is 2.41.